The Bertz CT molecular complexity index is 562. The van der Waals surface area contributed by atoms with Gasteiger partial charge in [0.15, 0.2) is 0 Å². The van der Waals surface area contributed by atoms with E-state index in [1.54, 1.807) is 0 Å². The van der Waals surface area contributed by atoms with E-state index < -0.39 is 0 Å². The number of likely N-dealkylation sites (tertiary alicyclic amines) is 1. The quantitative estimate of drug-likeness (QED) is 0.768. The van der Waals surface area contributed by atoms with Crippen molar-refractivity contribution in [3.05, 3.63) is 29.6 Å². The minimum absolute atomic E-state index is 0.619. The van der Waals surface area contributed by atoms with Crippen LogP contribution in [0.25, 0.3) is 11.0 Å². The molecule has 0 unspecified atom stereocenters. The molecule has 1 saturated heterocycles. The number of benzene rings is 1. The zero-order chi connectivity index (χ0) is 12.7. The lowest BCUT2D eigenvalue weighted by Gasteiger charge is -2.30. The van der Waals surface area contributed by atoms with E-state index in [0.29, 0.717) is 6.04 Å². The second-order valence-electron chi connectivity index (χ2n) is 5.56. The highest BCUT2D eigenvalue weighted by atomic mass is 15.2. The molecule has 0 bridgehead atoms. The van der Waals surface area contributed by atoms with Gasteiger partial charge in [-0.25, -0.2) is 4.98 Å². The van der Waals surface area contributed by atoms with Crippen molar-refractivity contribution in [3.63, 3.8) is 0 Å². The minimum atomic E-state index is 0.619. The summed E-state index contributed by atoms with van der Waals surface area (Å²) in [6, 6.07) is 7.18. The summed E-state index contributed by atoms with van der Waals surface area (Å²) < 4.78 is 2.45. The zero-order valence-electron chi connectivity index (χ0n) is 11.5. The number of nitrogens with zero attached hydrogens (tertiary/aromatic N) is 3. The van der Waals surface area contributed by atoms with E-state index in [1.807, 2.05) is 0 Å². The molecule has 0 saturated carbocycles. The summed E-state index contributed by atoms with van der Waals surface area (Å²) in [5, 5.41) is 0. The number of aromatic nitrogens is 2. The molecular formula is C15H21N3. The molecule has 2 aromatic rings. The van der Waals surface area contributed by atoms with Gasteiger partial charge in [-0.05, 0) is 64.5 Å². The second kappa shape index (κ2) is 4.39. The first-order chi connectivity index (χ1) is 8.65. The summed E-state index contributed by atoms with van der Waals surface area (Å²) in [6.45, 7) is 6.67. The van der Waals surface area contributed by atoms with Crippen LogP contribution in [0, 0.1) is 13.8 Å². The lowest BCUT2D eigenvalue weighted by atomic mass is 10.0. The second-order valence-corrected chi connectivity index (χ2v) is 5.56. The maximum Gasteiger partial charge on any atom is 0.106 e. The molecule has 1 aliphatic heterocycles. The predicted octanol–water partition coefficient (Wildman–Crippen LogP) is 2.92. The SMILES string of the molecule is Cc1ccc2nc(C)n(C3CCN(C)CC3)c2c1. The Labute approximate surface area is 108 Å². The molecule has 0 radical (unpaired) electrons. The van der Waals surface area contributed by atoms with Gasteiger partial charge in [0.25, 0.3) is 0 Å². The van der Waals surface area contributed by atoms with Gasteiger partial charge in [0.2, 0.25) is 0 Å². The van der Waals surface area contributed by atoms with Crippen LogP contribution in [-0.4, -0.2) is 34.6 Å². The van der Waals surface area contributed by atoms with Gasteiger partial charge in [-0.1, -0.05) is 6.07 Å². The van der Waals surface area contributed by atoms with Crippen LogP contribution in [-0.2, 0) is 0 Å². The van der Waals surface area contributed by atoms with Crippen LogP contribution in [0.5, 0.6) is 0 Å². The van der Waals surface area contributed by atoms with E-state index in [-0.39, 0.29) is 0 Å². The van der Waals surface area contributed by atoms with Crippen molar-refractivity contribution >= 4 is 11.0 Å². The van der Waals surface area contributed by atoms with Crippen LogP contribution < -0.4 is 0 Å². The Kier molecular flexibility index (Phi) is 2.86. The number of fused-ring (bicyclic) bond motifs is 1. The van der Waals surface area contributed by atoms with Crippen molar-refractivity contribution in [2.24, 2.45) is 0 Å². The van der Waals surface area contributed by atoms with Gasteiger partial charge in [-0.2, -0.15) is 0 Å². The average molecular weight is 243 g/mol. The van der Waals surface area contributed by atoms with Crippen LogP contribution in [0.4, 0.5) is 0 Å². The largest absolute Gasteiger partial charge is 0.325 e. The summed E-state index contributed by atoms with van der Waals surface area (Å²) in [6.07, 6.45) is 2.47. The molecule has 0 N–H and O–H groups in total. The molecule has 96 valence electrons. The molecule has 18 heavy (non-hydrogen) atoms. The van der Waals surface area contributed by atoms with Crippen LogP contribution in [0.15, 0.2) is 18.2 Å². The molecule has 3 heteroatoms. The summed E-state index contributed by atoms with van der Waals surface area (Å²) in [7, 11) is 2.21. The van der Waals surface area contributed by atoms with Crippen molar-refractivity contribution in [2.45, 2.75) is 32.7 Å². The normalized spacial score (nSPS) is 18.6. The number of rotatable bonds is 1. The molecule has 1 fully saturated rings. The maximum atomic E-state index is 4.70. The first kappa shape index (κ1) is 11.7. The lowest BCUT2D eigenvalue weighted by Crippen LogP contribution is -2.31. The van der Waals surface area contributed by atoms with E-state index in [4.69, 9.17) is 4.98 Å². The number of aryl methyl sites for hydroxylation is 2. The standard InChI is InChI=1S/C15H21N3/c1-11-4-5-14-15(10-11)18(12(2)16-14)13-6-8-17(3)9-7-13/h4-5,10,13H,6-9H2,1-3H3. The van der Waals surface area contributed by atoms with Crippen molar-refractivity contribution in [2.75, 3.05) is 20.1 Å². The van der Waals surface area contributed by atoms with Gasteiger partial charge in [0.05, 0.1) is 11.0 Å². The fourth-order valence-electron chi connectivity index (χ4n) is 3.04. The van der Waals surface area contributed by atoms with E-state index in [0.717, 1.165) is 11.3 Å². The molecule has 0 aliphatic carbocycles. The molecule has 3 nitrogen and oxygen atoms in total. The van der Waals surface area contributed by atoms with Gasteiger partial charge in [-0.3, -0.25) is 0 Å². The van der Waals surface area contributed by atoms with Gasteiger partial charge in [-0.15, -0.1) is 0 Å². The summed E-state index contributed by atoms with van der Waals surface area (Å²) in [5.74, 6) is 1.16. The van der Waals surface area contributed by atoms with Crippen LogP contribution in [0.1, 0.15) is 30.3 Å². The molecule has 1 aromatic heterocycles. The number of hydrogen-bond acceptors (Lipinski definition) is 2. The van der Waals surface area contributed by atoms with Crippen molar-refractivity contribution < 1.29 is 0 Å². The smallest absolute Gasteiger partial charge is 0.106 e. The number of imidazole rings is 1. The van der Waals surface area contributed by atoms with E-state index in [2.05, 4.69) is 48.6 Å². The van der Waals surface area contributed by atoms with Gasteiger partial charge < -0.3 is 9.47 Å². The molecular weight excluding hydrogens is 222 g/mol. The minimum Gasteiger partial charge on any atom is -0.325 e. The fourth-order valence-corrected chi connectivity index (χ4v) is 3.04. The lowest BCUT2D eigenvalue weighted by molar-refractivity contribution is 0.222. The monoisotopic (exact) mass is 243 g/mol. The summed E-state index contributed by atoms with van der Waals surface area (Å²) >= 11 is 0. The van der Waals surface area contributed by atoms with Gasteiger partial charge in [0, 0.05) is 6.04 Å². The van der Waals surface area contributed by atoms with Crippen LogP contribution in [0.2, 0.25) is 0 Å². The maximum absolute atomic E-state index is 4.70. The predicted molar refractivity (Wildman–Crippen MR) is 75.0 cm³/mol. The topological polar surface area (TPSA) is 21.1 Å². The highest BCUT2D eigenvalue weighted by Gasteiger charge is 2.21. The summed E-state index contributed by atoms with van der Waals surface area (Å²) in [4.78, 5) is 7.11. The Morgan fingerprint density at radius 2 is 1.89 bits per heavy atom. The Morgan fingerprint density at radius 3 is 2.61 bits per heavy atom. The molecule has 1 aliphatic rings. The Morgan fingerprint density at radius 1 is 1.17 bits per heavy atom. The van der Waals surface area contributed by atoms with Crippen LogP contribution in [0.3, 0.4) is 0 Å². The Balaban J connectivity index is 2.05. The third-order valence-corrected chi connectivity index (χ3v) is 4.07. The molecule has 0 atom stereocenters. The van der Waals surface area contributed by atoms with Crippen molar-refractivity contribution in [1.82, 2.24) is 14.5 Å². The van der Waals surface area contributed by atoms with Crippen molar-refractivity contribution in [1.29, 1.82) is 0 Å². The highest BCUT2D eigenvalue weighted by Crippen LogP contribution is 2.28. The third-order valence-electron chi connectivity index (χ3n) is 4.07. The molecule has 2 heterocycles. The Hall–Kier alpha value is -1.35. The van der Waals surface area contributed by atoms with E-state index in [1.165, 1.54) is 37.0 Å². The average Bonchev–Trinajstić information content (AvgIpc) is 2.66. The van der Waals surface area contributed by atoms with E-state index >= 15 is 0 Å². The number of hydrogen-bond donors (Lipinski definition) is 0. The molecule has 0 amide bonds. The first-order valence-corrected chi connectivity index (χ1v) is 6.79. The first-order valence-electron chi connectivity index (χ1n) is 6.79. The fraction of sp³-hybridized carbons (Fsp3) is 0.533. The zero-order valence-corrected chi connectivity index (χ0v) is 11.5. The summed E-state index contributed by atoms with van der Waals surface area (Å²) in [5.41, 5.74) is 3.76. The van der Waals surface area contributed by atoms with Gasteiger partial charge in [0.1, 0.15) is 5.82 Å². The molecule has 0 spiro atoms. The van der Waals surface area contributed by atoms with Crippen LogP contribution >= 0.6 is 0 Å². The third kappa shape index (κ3) is 1.93. The highest BCUT2D eigenvalue weighted by molar-refractivity contribution is 5.77. The molecule has 3 rings (SSSR count). The van der Waals surface area contributed by atoms with Crippen molar-refractivity contribution in [3.8, 4) is 0 Å². The van der Waals surface area contributed by atoms with E-state index in [9.17, 15) is 0 Å². The van der Waals surface area contributed by atoms with Gasteiger partial charge >= 0.3 is 0 Å². The molecule has 1 aromatic carbocycles. The number of piperidine rings is 1.